The van der Waals surface area contributed by atoms with Gasteiger partial charge in [0, 0.05) is 24.8 Å². The zero-order chi connectivity index (χ0) is 15.4. The second-order valence-corrected chi connectivity index (χ2v) is 4.62. The highest BCUT2D eigenvalue weighted by Crippen LogP contribution is 2.18. The number of aromatic nitrogens is 3. The molecule has 0 unspecified atom stereocenters. The van der Waals surface area contributed by atoms with Gasteiger partial charge in [-0.05, 0) is 19.9 Å². The Bertz CT molecular complexity index is 651. The Kier molecular flexibility index (Phi) is 4.42. The topological polar surface area (TPSA) is 95.1 Å². The summed E-state index contributed by atoms with van der Waals surface area (Å²) in [4.78, 5) is 16.1. The molecular formula is C14H19N5O2. The average molecular weight is 289 g/mol. The molecule has 0 aliphatic rings. The van der Waals surface area contributed by atoms with Crippen molar-refractivity contribution in [1.82, 2.24) is 14.8 Å². The molecule has 0 radical (unpaired) electrons. The average Bonchev–Trinajstić information content (AvgIpc) is 2.78. The zero-order valence-electron chi connectivity index (χ0n) is 12.4. The number of nitrogens with one attached hydrogen (secondary N) is 1. The van der Waals surface area contributed by atoms with Crippen LogP contribution < -0.4 is 11.1 Å². The quantitative estimate of drug-likeness (QED) is 0.810. The van der Waals surface area contributed by atoms with Crippen molar-refractivity contribution in [3.8, 4) is 0 Å². The molecule has 0 saturated carbocycles. The second kappa shape index (κ2) is 6.25. The Labute approximate surface area is 123 Å². The third-order valence-electron chi connectivity index (χ3n) is 3.19. The molecular weight excluding hydrogens is 270 g/mol. The predicted octanol–water partition coefficient (Wildman–Crippen LogP) is 1.49. The van der Waals surface area contributed by atoms with Gasteiger partial charge in [-0.2, -0.15) is 5.10 Å². The number of carbonyl (C=O) groups is 1. The number of ether oxygens (including phenoxy) is 1. The van der Waals surface area contributed by atoms with E-state index in [4.69, 9.17) is 10.5 Å². The molecule has 7 heteroatoms. The summed E-state index contributed by atoms with van der Waals surface area (Å²) >= 11 is 0. The molecule has 0 saturated heterocycles. The Morgan fingerprint density at radius 2 is 2.24 bits per heavy atom. The molecule has 0 aliphatic carbocycles. The Balaban J connectivity index is 2.19. The van der Waals surface area contributed by atoms with Gasteiger partial charge in [0.2, 0.25) is 0 Å². The van der Waals surface area contributed by atoms with E-state index in [0.29, 0.717) is 30.2 Å². The molecule has 0 amide bonds. The Morgan fingerprint density at radius 1 is 1.48 bits per heavy atom. The number of hydrogen-bond donors (Lipinski definition) is 2. The number of carbonyl (C=O) groups excluding carboxylic acids is 1. The summed E-state index contributed by atoms with van der Waals surface area (Å²) in [5, 5.41) is 7.30. The highest BCUT2D eigenvalue weighted by molar-refractivity contribution is 5.95. The van der Waals surface area contributed by atoms with Gasteiger partial charge in [-0.25, -0.2) is 9.78 Å². The first-order valence-electron chi connectivity index (χ1n) is 6.67. The van der Waals surface area contributed by atoms with Crippen LogP contribution in [-0.4, -0.2) is 27.3 Å². The second-order valence-electron chi connectivity index (χ2n) is 4.62. The number of aryl methyl sites for hydroxylation is 1. The summed E-state index contributed by atoms with van der Waals surface area (Å²) in [5.41, 5.74) is 8.52. The Morgan fingerprint density at radius 3 is 2.86 bits per heavy atom. The van der Waals surface area contributed by atoms with E-state index in [1.54, 1.807) is 23.9 Å². The van der Waals surface area contributed by atoms with Gasteiger partial charge < -0.3 is 15.8 Å². The molecule has 0 aromatic carbocycles. The molecule has 21 heavy (non-hydrogen) atoms. The van der Waals surface area contributed by atoms with Crippen molar-refractivity contribution in [2.24, 2.45) is 7.05 Å². The predicted molar refractivity (Wildman–Crippen MR) is 79.9 cm³/mol. The largest absolute Gasteiger partial charge is 0.462 e. The fourth-order valence-corrected chi connectivity index (χ4v) is 1.88. The molecule has 0 spiro atoms. The van der Waals surface area contributed by atoms with E-state index >= 15 is 0 Å². The summed E-state index contributed by atoms with van der Waals surface area (Å²) in [6.07, 6.45) is 3.28. The lowest BCUT2D eigenvalue weighted by atomic mass is 10.2. The van der Waals surface area contributed by atoms with Crippen molar-refractivity contribution in [1.29, 1.82) is 0 Å². The number of nitrogen functional groups attached to an aromatic ring is 1. The van der Waals surface area contributed by atoms with Gasteiger partial charge in [-0.15, -0.1) is 0 Å². The molecule has 0 bridgehead atoms. The monoisotopic (exact) mass is 289 g/mol. The SMILES string of the molecule is CCOC(=O)c1cc(N)cnc1NCc1cnn(C)c1C. The summed E-state index contributed by atoms with van der Waals surface area (Å²) in [6.45, 7) is 4.55. The van der Waals surface area contributed by atoms with Crippen molar-refractivity contribution in [3.63, 3.8) is 0 Å². The lowest BCUT2D eigenvalue weighted by molar-refractivity contribution is 0.0527. The summed E-state index contributed by atoms with van der Waals surface area (Å²) < 4.78 is 6.80. The van der Waals surface area contributed by atoms with Gasteiger partial charge in [0.15, 0.2) is 0 Å². The standard InChI is InChI=1S/C14H19N5O2/c1-4-21-14(20)12-5-11(15)8-17-13(12)16-6-10-7-18-19(3)9(10)2/h5,7-8H,4,6,15H2,1-3H3,(H,16,17). The van der Waals surface area contributed by atoms with E-state index in [1.165, 1.54) is 6.20 Å². The van der Waals surface area contributed by atoms with Gasteiger partial charge in [0.05, 0.1) is 24.7 Å². The van der Waals surface area contributed by atoms with Crippen LogP contribution in [-0.2, 0) is 18.3 Å². The molecule has 0 fully saturated rings. The van der Waals surface area contributed by atoms with Crippen LogP contribution in [0.1, 0.15) is 28.5 Å². The molecule has 0 atom stereocenters. The van der Waals surface area contributed by atoms with Crippen LogP contribution >= 0.6 is 0 Å². The lowest BCUT2D eigenvalue weighted by Crippen LogP contribution is -2.12. The van der Waals surface area contributed by atoms with E-state index in [9.17, 15) is 4.79 Å². The Hall–Kier alpha value is -2.57. The summed E-state index contributed by atoms with van der Waals surface area (Å²) in [5.74, 6) is 0.00797. The number of nitrogens with zero attached hydrogens (tertiary/aromatic N) is 3. The van der Waals surface area contributed by atoms with Crippen LogP contribution in [0.2, 0.25) is 0 Å². The highest BCUT2D eigenvalue weighted by atomic mass is 16.5. The summed E-state index contributed by atoms with van der Waals surface area (Å²) in [7, 11) is 1.88. The molecule has 2 heterocycles. The van der Waals surface area contributed by atoms with Crippen LogP contribution in [0.5, 0.6) is 0 Å². The number of hydrogen-bond acceptors (Lipinski definition) is 6. The van der Waals surface area contributed by atoms with Crippen molar-refractivity contribution in [2.45, 2.75) is 20.4 Å². The smallest absolute Gasteiger partial charge is 0.341 e. The maximum Gasteiger partial charge on any atom is 0.341 e. The van der Waals surface area contributed by atoms with Gasteiger partial charge in [0.1, 0.15) is 11.4 Å². The maximum atomic E-state index is 11.9. The minimum absolute atomic E-state index is 0.300. The molecule has 7 nitrogen and oxygen atoms in total. The minimum atomic E-state index is -0.442. The number of anilines is 2. The zero-order valence-corrected chi connectivity index (χ0v) is 12.4. The van der Waals surface area contributed by atoms with Crippen LogP contribution in [0.4, 0.5) is 11.5 Å². The first kappa shape index (κ1) is 14.8. The van der Waals surface area contributed by atoms with Crippen molar-refractivity contribution >= 4 is 17.5 Å². The van der Waals surface area contributed by atoms with Gasteiger partial charge >= 0.3 is 5.97 Å². The van der Waals surface area contributed by atoms with Crippen molar-refractivity contribution < 1.29 is 9.53 Å². The third kappa shape index (κ3) is 3.31. The lowest BCUT2D eigenvalue weighted by Gasteiger charge is -2.11. The van der Waals surface area contributed by atoms with Crippen LogP contribution in [0.15, 0.2) is 18.5 Å². The molecule has 2 rings (SSSR count). The van der Waals surface area contributed by atoms with E-state index < -0.39 is 5.97 Å². The fraction of sp³-hybridized carbons (Fsp3) is 0.357. The fourth-order valence-electron chi connectivity index (χ4n) is 1.88. The number of nitrogens with two attached hydrogens (primary N) is 1. The van der Waals surface area contributed by atoms with Gasteiger partial charge in [0.25, 0.3) is 0 Å². The third-order valence-corrected chi connectivity index (χ3v) is 3.19. The minimum Gasteiger partial charge on any atom is -0.462 e. The normalized spacial score (nSPS) is 10.4. The van der Waals surface area contributed by atoms with Crippen LogP contribution in [0.3, 0.4) is 0 Å². The molecule has 2 aromatic rings. The summed E-state index contributed by atoms with van der Waals surface area (Å²) in [6, 6.07) is 1.56. The van der Waals surface area contributed by atoms with Gasteiger partial charge in [-0.3, -0.25) is 4.68 Å². The molecule has 3 N–H and O–H groups in total. The van der Waals surface area contributed by atoms with E-state index in [1.807, 2.05) is 14.0 Å². The van der Waals surface area contributed by atoms with Gasteiger partial charge in [-0.1, -0.05) is 0 Å². The molecule has 0 aliphatic heterocycles. The van der Waals surface area contributed by atoms with E-state index in [-0.39, 0.29) is 0 Å². The van der Waals surface area contributed by atoms with Crippen LogP contribution in [0.25, 0.3) is 0 Å². The number of rotatable bonds is 5. The van der Waals surface area contributed by atoms with E-state index in [0.717, 1.165) is 11.3 Å². The van der Waals surface area contributed by atoms with E-state index in [2.05, 4.69) is 15.4 Å². The van der Waals surface area contributed by atoms with Crippen molar-refractivity contribution in [3.05, 3.63) is 35.3 Å². The van der Waals surface area contributed by atoms with Crippen LogP contribution in [0, 0.1) is 6.92 Å². The number of pyridine rings is 1. The molecule has 112 valence electrons. The molecule has 2 aromatic heterocycles. The first-order chi connectivity index (χ1) is 10.0. The maximum absolute atomic E-state index is 11.9. The first-order valence-corrected chi connectivity index (χ1v) is 6.67. The van der Waals surface area contributed by atoms with Crippen molar-refractivity contribution in [2.75, 3.05) is 17.7 Å². The highest BCUT2D eigenvalue weighted by Gasteiger charge is 2.15. The number of esters is 1.